The summed E-state index contributed by atoms with van der Waals surface area (Å²) in [7, 11) is 4.93. The summed E-state index contributed by atoms with van der Waals surface area (Å²) in [5.74, 6) is 2.02. The first-order valence-electron chi connectivity index (χ1n) is 10.3. The Balaban J connectivity index is 1.95. The molecule has 8 heteroatoms. The first kappa shape index (κ1) is 23.3. The minimum atomic E-state index is -0.786. The molecule has 0 radical (unpaired) electrons. The number of guanidine groups is 1. The molecule has 1 heterocycles. The molecule has 1 unspecified atom stereocenters. The average molecular weight is 409 g/mol. The maximum absolute atomic E-state index is 10.7. The number of rotatable bonds is 10. The fourth-order valence-corrected chi connectivity index (χ4v) is 3.41. The number of aliphatic imine (C=N–C) groups is 1. The highest BCUT2D eigenvalue weighted by Crippen LogP contribution is 2.29. The summed E-state index contributed by atoms with van der Waals surface area (Å²) in [6.07, 6.45) is 1.33. The molecular formula is C21H36N4O4. The number of likely N-dealkylation sites (tertiary alicyclic amines) is 1. The van der Waals surface area contributed by atoms with Crippen LogP contribution in [0.25, 0.3) is 0 Å². The van der Waals surface area contributed by atoms with Crippen LogP contribution in [-0.4, -0.2) is 82.7 Å². The lowest BCUT2D eigenvalue weighted by molar-refractivity contribution is 0.128. The number of aliphatic hydroxyl groups excluding tert-OH is 1. The highest BCUT2D eigenvalue weighted by Gasteiger charge is 2.20. The Bertz CT molecular complexity index is 633. The van der Waals surface area contributed by atoms with Crippen molar-refractivity contribution in [3.8, 4) is 11.5 Å². The predicted octanol–water partition coefficient (Wildman–Crippen LogP) is 1.40. The van der Waals surface area contributed by atoms with E-state index in [1.54, 1.807) is 33.5 Å². The summed E-state index contributed by atoms with van der Waals surface area (Å²) in [6, 6.07) is 5.76. The zero-order valence-corrected chi connectivity index (χ0v) is 18.1. The van der Waals surface area contributed by atoms with Gasteiger partial charge in [-0.3, -0.25) is 4.99 Å². The lowest BCUT2D eigenvalue weighted by atomic mass is 10.1. The SMILES string of the molecule is CCNC(=NCC(O)c1cc(OC)ccc1OC)NC1CCN(CCOC)CC1. The van der Waals surface area contributed by atoms with E-state index in [-0.39, 0.29) is 6.54 Å². The van der Waals surface area contributed by atoms with Gasteiger partial charge in [0.2, 0.25) is 0 Å². The second-order valence-electron chi connectivity index (χ2n) is 7.10. The summed E-state index contributed by atoms with van der Waals surface area (Å²) in [5.41, 5.74) is 0.665. The first-order chi connectivity index (χ1) is 14.1. The zero-order chi connectivity index (χ0) is 21.1. The number of nitrogens with zero attached hydrogens (tertiary/aromatic N) is 2. The molecule has 0 aromatic heterocycles. The molecule has 0 aliphatic carbocycles. The van der Waals surface area contributed by atoms with Gasteiger partial charge in [0.15, 0.2) is 5.96 Å². The molecule has 164 valence electrons. The van der Waals surface area contributed by atoms with Crippen molar-refractivity contribution < 1.29 is 19.3 Å². The quantitative estimate of drug-likeness (QED) is 0.398. The van der Waals surface area contributed by atoms with Gasteiger partial charge in [0.25, 0.3) is 0 Å². The number of piperidine rings is 1. The monoisotopic (exact) mass is 408 g/mol. The van der Waals surface area contributed by atoms with Crippen LogP contribution in [0.2, 0.25) is 0 Å². The molecule has 8 nitrogen and oxygen atoms in total. The Morgan fingerprint density at radius 2 is 2.00 bits per heavy atom. The highest BCUT2D eigenvalue weighted by atomic mass is 16.5. The Kier molecular flexibility index (Phi) is 10.0. The topological polar surface area (TPSA) is 87.6 Å². The summed E-state index contributed by atoms with van der Waals surface area (Å²) in [4.78, 5) is 7.02. The van der Waals surface area contributed by atoms with Crippen molar-refractivity contribution in [2.75, 3.05) is 60.7 Å². The van der Waals surface area contributed by atoms with Gasteiger partial charge in [-0.25, -0.2) is 0 Å². The summed E-state index contributed by atoms with van der Waals surface area (Å²) < 4.78 is 15.8. The maximum Gasteiger partial charge on any atom is 0.191 e. The third-order valence-corrected chi connectivity index (χ3v) is 5.10. The fraction of sp³-hybridized carbons (Fsp3) is 0.667. The number of benzene rings is 1. The van der Waals surface area contributed by atoms with Crippen molar-refractivity contribution in [1.29, 1.82) is 0 Å². The van der Waals surface area contributed by atoms with Crippen LogP contribution < -0.4 is 20.1 Å². The van der Waals surface area contributed by atoms with Gasteiger partial charge < -0.3 is 34.9 Å². The lowest BCUT2D eigenvalue weighted by Crippen LogP contribution is -2.49. The second-order valence-corrected chi connectivity index (χ2v) is 7.10. The van der Waals surface area contributed by atoms with E-state index in [1.165, 1.54) is 0 Å². The molecule has 1 aliphatic heterocycles. The Labute approximate surface area is 174 Å². The van der Waals surface area contributed by atoms with Crippen LogP contribution in [0.5, 0.6) is 11.5 Å². The lowest BCUT2D eigenvalue weighted by Gasteiger charge is -2.32. The Morgan fingerprint density at radius 1 is 1.24 bits per heavy atom. The van der Waals surface area contributed by atoms with E-state index in [0.717, 1.165) is 51.6 Å². The molecule has 1 fully saturated rings. The summed E-state index contributed by atoms with van der Waals surface area (Å²) in [6.45, 7) is 6.86. The third-order valence-electron chi connectivity index (χ3n) is 5.10. The number of nitrogens with one attached hydrogen (secondary N) is 2. The third kappa shape index (κ3) is 7.38. The van der Waals surface area contributed by atoms with Crippen LogP contribution in [0.4, 0.5) is 0 Å². The van der Waals surface area contributed by atoms with Crippen molar-refractivity contribution in [3.63, 3.8) is 0 Å². The normalized spacial score (nSPS) is 17.1. The molecule has 1 saturated heterocycles. The highest BCUT2D eigenvalue weighted by molar-refractivity contribution is 5.80. The molecule has 1 atom stereocenters. The molecule has 0 saturated carbocycles. The van der Waals surface area contributed by atoms with Gasteiger partial charge in [-0.1, -0.05) is 0 Å². The van der Waals surface area contributed by atoms with E-state index in [0.29, 0.717) is 23.1 Å². The molecule has 3 N–H and O–H groups in total. The van der Waals surface area contributed by atoms with Gasteiger partial charge in [0.05, 0.1) is 27.4 Å². The van der Waals surface area contributed by atoms with E-state index < -0.39 is 6.10 Å². The fourth-order valence-electron chi connectivity index (χ4n) is 3.41. The number of ether oxygens (including phenoxy) is 3. The van der Waals surface area contributed by atoms with Crippen molar-refractivity contribution in [2.24, 2.45) is 4.99 Å². The van der Waals surface area contributed by atoms with Gasteiger partial charge in [-0.05, 0) is 38.0 Å². The number of aliphatic hydroxyl groups is 1. The van der Waals surface area contributed by atoms with Gasteiger partial charge in [0.1, 0.15) is 17.6 Å². The minimum Gasteiger partial charge on any atom is -0.497 e. The Hall–Kier alpha value is -2.03. The minimum absolute atomic E-state index is 0.228. The standard InChI is InChI=1S/C21H36N4O4/c1-5-22-21(24-16-8-10-25(11-9-16)12-13-27-2)23-15-19(26)18-14-17(28-3)6-7-20(18)29-4/h6-7,14,16,19,26H,5,8-13,15H2,1-4H3,(H2,22,23,24). The van der Waals surface area contributed by atoms with Gasteiger partial charge in [0, 0.05) is 44.9 Å². The van der Waals surface area contributed by atoms with Gasteiger partial charge in [-0.2, -0.15) is 0 Å². The second kappa shape index (κ2) is 12.5. The van der Waals surface area contributed by atoms with Gasteiger partial charge in [-0.15, -0.1) is 0 Å². The smallest absolute Gasteiger partial charge is 0.191 e. The Morgan fingerprint density at radius 3 is 2.62 bits per heavy atom. The van der Waals surface area contributed by atoms with E-state index in [2.05, 4.69) is 20.5 Å². The van der Waals surface area contributed by atoms with Gasteiger partial charge >= 0.3 is 0 Å². The van der Waals surface area contributed by atoms with Crippen molar-refractivity contribution >= 4 is 5.96 Å². The predicted molar refractivity (Wildman–Crippen MR) is 115 cm³/mol. The van der Waals surface area contributed by atoms with Crippen LogP contribution in [0.1, 0.15) is 31.4 Å². The van der Waals surface area contributed by atoms with E-state index in [1.807, 2.05) is 13.0 Å². The number of hydrogen-bond donors (Lipinski definition) is 3. The van der Waals surface area contributed by atoms with Crippen molar-refractivity contribution in [3.05, 3.63) is 23.8 Å². The first-order valence-corrected chi connectivity index (χ1v) is 10.3. The average Bonchev–Trinajstić information content (AvgIpc) is 2.76. The van der Waals surface area contributed by atoms with E-state index in [4.69, 9.17) is 14.2 Å². The van der Waals surface area contributed by atoms with Crippen molar-refractivity contribution in [1.82, 2.24) is 15.5 Å². The largest absolute Gasteiger partial charge is 0.497 e. The molecular weight excluding hydrogens is 372 g/mol. The molecule has 1 aliphatic rings. The zero-order valence-electron chi connectivity index (χ0n) is 18.1. The summed E-state index contributed by atoms with van der Waals surface area (Å²) >= 11 is 0. The molecule has 29 heavy (non-hydrogen) atoms. The van der Waals surface area contributed by atoms with E-state index in [9.17, 15) is 5.11 Å². The van der Waals surface area contributed by atoms with Crippen LogP contribution >= 0.6 is 0 Å². The van der Waals surface area contributed by atoms with Crippen LogP contribution in [0.15, 0.2) is 23.2 Å². The molecule has 0 bridgehead atoms. The number of hydrogen-bond acceptors (Lipinski definition) is 6. The maximum atomic E-state index is 10.7. The van der Waals surface area contributed by atoms with Crippen LogP contribution in [-0.2, 0) is 4.74 Å². The summed E-state index contributed by atoms with van der Waals surface area (Å²) in [5, 5.41) is 17.5. The van der Waals surface area contributed by atoms with Crippen molar-refractivity contribution in [2.45, 2.75) is 31.9 Å². The molecule has 1 aromatic carbocycles. The molecule has 2 rings (SSSR count). The molecule has 0 spiro atoms. The van der Waals surface area contributed by atoms with E-state index >= 15 is 0 Å². The molecule has 1 aromatic rings. The molecule has 0 amide bonds. The van der Waals surface area contributed by atoms with Crippen LogP contribution in [0.3, 0.4) is 0 Å². The number of methoxy groups -OCH3 is 3. The van der Waals surface area contributed by atoms with Crippen LogP contribution in [0, 0.1) is 0 Å².